The van der Waals surface area contributed by atoms with E-state index in [1.807, 2.05) is 25.1 Å². The molecule has 8 nitrogen and oxygen atoms in total. The molecule has 2 rings (SSSR count). The van der Waals surface area contributed by atoms with Crippen LogP contribution in [-0.2, 0) is 24.0 Å². The van der Waals surface area contributed by atoms with E-state index < -0.39 is 47.4 Å². The Kier molecular flexibility index (Phi) is 10.3. The molecule has 0 spiro atoms. The van der Waals surface area contributed by atoms with Gasteiger partial charge in [-0.2, -0.15) is 0 Å². The van der Waals surface area contributed by atoms with Crippen molar-refractivity contribution in [2.24, 2.45) is 17.8 Å². The van der Waals surface area contributed by atoms with Gasteiger partial charge < -0.3 is 10.6 Å². The summed E-state index contributed by atoms with van der Waals surface area (Å²) in [5, 5.41) is 7.72. The van der Waals surface area contributed by atoms with Crippen LogP contribution in [-0.4, -0.2) is 35.5 Å². The summed E-state index contributed by atoms with van der Waals surface area (Å²) in [5.41, 5.74) is 0.732. The predicted molar refractivity (Wildman–Crippen MR) is 133 cm³/mol. The first-order valence-electron chi connectivity index (χ1n) is 11.6. The summed E-state index contributed by atoms with van der Waals surface area (Å²) in [7, 11) is 0. The average Bonchev–Trinajstić information content (AvgIpc) is 3.07. The number of hydrogen-bond acceptors (Lipinski definition) is 5. The standard InChI is InChI=1S/C27H33N3O5/c1-5-6-7-8-12-15-21(31)28-20(19-13-10-9-11-14-19)16-22(32)29-24(17(2)3)25(33)23-18(4)26(34)30-27(23)35/h5-15,17-18,20,23-24H,16H2,1-4H3,(H,28,31)(H,29,32)(H,30,34,35)/t18-,20-,23+,24-/m0/s1. The van der Waals surface area contributed by atoms with Crippen LogP contribution >= 0.6 is 0 Å². The second-order valence-electron chi connectivity index (χ2n) is 8.76. The molecule has 1 saturated heterocycles. The fourth-order valence-electron chi connectivity index (χ4n) is 3.78. The van der Waals surface area contributed by atoms with E-state index >= 15 is 0 Å². The Morgan fingerprint density at radius 3 is 2.20 bits per heavy atom. The molecule has 8 heteroatoms. The van der Waals surface area contributed by atoms with Crippen LogP contribution in [0.1, 0.15) is 45.7 Å². The molecule has 4 amide bonds. The van der Waals surface area contributed by atoms with E-state index in [0.717, 1.165) is 5.56 Å². The molecule has 1 aromatic carbocycles. The molecule has 186 valence electrons. The highest BCUT2D eigenvalue weighted by atomic mass is 16.2. The Morgan fingerprint density at radius 2 is 1.63 bits per heavy atom. The van der Waals surface area contributed by atoms with E-state index in [1.54, 1.807) is 56.3 Å². The van der Waals surface area contributed by atoms with Gasteiger partial charge >= 0.3 is 0 Å². The van der Waals surface area contributed by atoms with Crippen molar-refractivity contribution in [3.63, 3.8) is 0 Å². The summed E-state index contributed by atoms with van der Waals surface area (Å²) in [5.74, 6) is -4.71. The molecule has 0 unspecified atom stereocenters. The molecule has 0 bridgehead atoms. The van der Waals surface area contributed by atoms with Gasteiger partial charge in [-0.1, -0.05) is 81.5 Å². The van der Waals surface area contributed by atoms with Gasteiger partial charge in [0.05, 0.1) is 24.4 Å². The lowest BCUT2D eigenvalue weighted by molar-refractivity contribution is -0.137. The van der Waals surface area contributed by atoms with Gasteiger partial charge in [0.2, 0.25) is 23.6 Å². The normalized spacial score (nSPS) is 19.9. The highest BCUT2D eigenvalue weighted by Crippen LogP contribution is 2.24. The quantitative estimate of drug-likeness (QED) is 0.195. The molecule has 4 atom stereocenters. The molecule has 1 aliphatic heterocycles. The summed E-state index contributed by atoms with van der Waals surface area (Å²) in [6.45, 7) is 6.91. The van der Waals surface area contributed by atoms with Gasteiger partial charge in [0.1, 0.15) is 5.92 Å². The summed E-state index contributed by atoms with van der Waals surface area (Å²) < 4.78 is 0. The number of allylic oxidation sites excluding steroid dienone is 5. The van der Waals surface area contributed by atoms with E-state index in [1.165, 1.54) is 13.0 Å². The lowest BCUT2D eigenvalue weighted by Gasteiger charge is -2.25. The largest absolute Gasteiger partial charge is 0.346 e. The zero-order valence-electron chi connectivity index (χ0n) is 20.5. The second-order valence-corrected chi connectivity index (χ2v) is 8.76. The van der Waals surface area contributed by atoms with Crippen LogP contribution in [0.5, 0.6) is 0 Å². The molecule has 1 heterocycles. The van der Waals surface area contributed by atoms with Gasteiger partial charge in [-0.3, -0.25) is 29.3 Å². The maximum absolute atomic E-state index is 13.1. The molecule has 0 aromatic heterocycles. The van der Waals surface area contributed by atoms with Gasteiger partial charge in [0, 0.05) is 6.08 Å². The highest BCUT2D eigenvalue weighted by Gasteiger charge is 2.46. The van der Waals surface area contributed by atoms with Crippen molar-refractivity contribution in [2.75, 3.05) is 0 Å². The van der Waals surface area contributed by atoms with Crippen molar-refractivity contribution in [1.82, 2.24) is 16.0 Å². The molecule has 35 heavy (non-hydrogen) atoms. The fourth-order valence-corrected chi connectivity index (χ4v) is 3.78. The van der Waals surface area contributed by atoms with Crippen molar-refractivity contribution < 1.29 is 24.0 Å². The maximum Gasteiger partial charge on any atom is 0.244 e. The predicted octanol–water partition coefficient (Wildman–Crippen LogP) is 2.54. The lowest BCUT2D eigenvalue weighted by Crippen LogP contribution is -2.49. The zero-order chi connectivity index (χ0) is 26.0. The van der Waals surface area contributed by atoms with Crippen molar-refractivity contribution in [2.45, 2.75) is 46.2 Å². The smallest absolute Gasteiger partial charge is 0.244 e. The maximum atomic E-state index is 13.1. The number of nitrogens with one attached hydrogen (secondary N) is 3. The minimum absolute atomic E-state index is 0.111. The van der Waals surface area contributed by atoms with Crippen molar-refractivity contribution in [3.05, 3.63) is 72.4 Å². The number of benzene rings is 1. The van der Waals surface area contributed by atoms with E-state index in [4.69, 9.17) is 0 Å². The lowest BCUT2D eigenvalue weighted by atomic mass is 9.85. The summed E-state index contributed by atoms with van der Waals surface area (Å²) in [6, 6.07) is 7.46. The van der Waals surface area contributed by atoms with Crippen LogP contribution in [0.4, 0.5) is 0 Å². The number of carbonyl (C=O) groups is 5. The van der Waals surface area contributed by atoms with Crippen LogP contribution < -0.4 is 16.0 Å². The molecule has 3 N–H and O–H groups in total. The first-order chi connectivity index (χ1) is 16.6. The number of hydrogen-bond donors (Lipinski definition) is 3. The van der Waals surface area contributed by atoms with Crippen molar-refractivity contribution in [3.8, 4) is 0 Å². The van der Waals surface area contributed by atoms with Crippen molar-refractivity contribution >= 4 is 29.4 Å². The number of imide groups is 1. The molecule has 1 aliphatic rings. The first kappa shape index (κ1) is 27.4. The fraction of sp³-hybridized carbons (Fsp3) is 0.370. The molecule has 0 radical (unpaired) electrons. The molecule has 1 fully saturated rings. The van der Waals surface area contributed by atoms with Crippen molar-refractivity contribution in [1.29, 1.82) is 0 Å². The zero-order valence-corrected chi connectivity index (χ0v) is 20.5. The molecule has 1 aromatic rings. The minimum atomic E-state index is -1.14. The van der Waals surface area contributed by atoms with E-state index in [-0.39, 0.29) is 18.2 Å². The Morgan fingerprint density at radius 1 is 0.971 bits per heavy atom. The number of rotatable bonds is 11. The third-order valence-corrected chi connectivity index (χ3v) is 5.72. The highest BCUT2D eigenvalue weighted by molar-refractivity contribution is 6.16. The van der Waals surface area contributed by atoms with Crippen LogP contribution in [0.15, 0.2) is 66.8 Å². The van der Waals surface area contributed by atoms with Gasteiger partial charge in [0.15, 0.2) is 5.78 Å². The number of Topliss-reactive ketones (excluding diaryl/α,β-unsaturated/α-hetero) is 1. The molecular weight excluding hydrogens is 446 g/mol. The molecule has 0 aliphatic carbocycles. The molecular formula is C27H33N3O5. The second kappa shape index (κ2) is 13.2. The summed E-state index contributed by atoms with van der Waals surface area (Å²) >= 11 is 0. The van der Waals surface area contributed by atoms with Gasteiger partial charge in [-0.25, -0.2) is 0 Å². The topological polar surface area (TPSA) is 121 Å². The number of ketones is 1. The SMILES string of the molecule is CC=CC=CC=CC(=O)N[C@@H](CC(=O)N[C@H](C(=O)[C@@H]1C(=O)NC(=O)[C@H]1C)C(C)C)c1ccccc1. The van der Waals surface area contributed by atoms with Gasteiger partial charge in [0.25, 0.3) is 0 Å². The monoisotopic (exact) mass is 479 g/mol. The number of amides is 4. The summed E-state index contributed by atoms with van der Waals surface area (Å²) in [6.07, 6.45) is 10.0. The van der Waals surface area contributed by atoms with Crippen LogP contribution in [0, 0.1) is 17.8 Å². The Labute approximate surface area is 205 Å². The minimum Gasteiger partial charge on any atom is -0.346 e. The number of carbonyl (C=O) groups excluding carboxylic acids is 5. The van der Waals surface area contributed by atoms with E-state index in [9.17, 15) is 24.0 Å². The third kappa shape index (κ3) is 7.88. The third-order valence-electron chi connectivity index (χ3n) is 5.72. The average molecular weight is 480 g/mol. The Bertz CT molecular complexity index is 1030. The summed E-state index contributed by atoms with van der Waals surface area (Å²) in [4.78, 5) is 62.5. The van der Waals surface area contributed by atoms with E-state index in [2.05, 4.69) is 16.0 Å². The van der Waals surface area contributed by atoms with Gasteiger partial charge in [-0.05, 0) is 18.4 Å². The van der Waals surface area contributed by atoms with Crippen LogP contribution in [0.3, 0.4) is 0 Å². The van der Waals surface area contributed by atoms with Gasteiger partial charge in [-0.15, -0.1) is 0 Å². The van der Waals surface area contributed by atoms with E-state index in [0.29, 0.717) is 0 Å². The first-order valence-corrected chi connectivity index (χ1v) is 11.6. The van der Waals surface area contributed by atoms with Crippen LogP contribution in [0.2, 0.25) is 0 Å². The Balaban J connectivity index is 2.14. The Hall–Kier alpha value is -3.81. The van der Waals surface area contributed by atoms with Crippen LogP contribution in [0.25, 0.3) is 0 Å². The molecule has 0 saturated carbocycles.